The second kappa shape index (κ2) is 10.8. The Morgan fingerprint density at radius 1 is 1.02 bits per heavy atom. The monoisotopic (exact) mass is 559 g/mol. The van der Waals surface area contributed by atoms with Crippen LogP contribution in [0, 0.1) is 5.92 Å². The highest BCUT2D eigenvalue weighted by Gasteiger charge is 2.52. The fourth-order valence-electron chi connectivity index (χ4n) is 5.89. The van der Waals surface area contributed by atoms with Crippen LogP contribution < -0.4 is 5.32 Å². The van der Waals surface area contributed by atoms with Crippen LogP contribution >= 0.6 is 11.3 Å². The van der Waals surface area contributed by atoms with E-state index in [0.29, 0.717) is 30.5 Å². The Labute approximate surface area is 239 Å². The van der Waals surface area contributed by atoms with Gasteiger partial charge in [-0.1, -0.05) is 65.0 Å². The molecule has 3 heterocycles. The molecule has 3 atom stereocenters. The summed E-state index contributed by atoms with van der Waals surface area (Å²) in [6.07, 6.45) is 0.989. The fourth-order valence-corrected chi connectivity index (χ4v) is 6.83. The lowest BCUT2D eigenvalue weighted by atomic mass is 9.86. The fraction of sp³-hybridized carbons (Fsp3) is 0.438. The molecule has 1 N–H and O–H groups in total. The Hall–Kier alpha value is -3.52. The first-order valence-electron chi connectivity index (χ1n) is 14.0. The summed E-state index contributed by atoms with van der Waals surface area (Å²) in [5.74, 6) is -0.715. The lowest BCUT2D eigenvalue weighted by molar-refractivity contribution is -0.138. The van der Waals surface area contributed by atoms with Crippen molar-refractivity contribution in [3.05, 3.63) is 70.6 Å². The third-order valence-electron chi connectivity index (χ3n) is 8.00. The minimum absolute atomic E-state index is 0.0105. The van der Waals surface area contributed by atoms with Crippen LogP contribution in [0.4, 0.5) is 0 Å². The number of amides is 3. The summed E-state index contributed by atoms with van der Waals surface area (Å²) in [6.45, 7) is 10.7. The van der Waals surface area contributed by atoms with E-state index < -0.39 is 12.1 Å². The maximum absolute atomic E-state index is 13.9. The van der Waals surface area contributed by atoms with Crippen LogP contribution in [0.5, 0.6) is 0 Å². The van der Waals surface area contributed by atoms with Crippen molar-refractivity contribution < 1.29 is 19.2 Å². The lowest BCUT2D eigenvalue weighted by Crippen LogP contribution is -2.53. The molecule has 2 saturated heterocycles. The van der Waals surface area contributed by atoms with Crippen LogP contribution in [0.3, 0.4) is 0 Å². The summed E-state index contributed by atoms with van der Waals surface area (Å²) < 4.78 is 1.02. The molecule has 2 aliphatic heterocycles. The summed E-state index contributed by atoms with van der Waals surface area (Å²) in [5, 5.41) is 5.69. The smallest absolute Gasteiger partial charge is 0.256 e. The number of nitrogens with one attached hydrogen (secondary N) is 1. The summed E-state index contributed by atoms with van der Waals surface area (Å²) in [6, 6.07) is 13.4. The van der Waals surface area contributed by atoms with Gasteiger partial charge in [-0.3, -0.25) is 19.2 Å². The first kappa shape index (κ1) is 28.0. The van der Waals surface area contributed by atoms with E-state index >= 15 is 0 Å². The normalized spacial score (nSPS) is 19.8. The van der Waals surface area contributed by atoms with Gasteiger partial charge in [0, 0.05) is 27.6 Å². The highest BCUT2D eigenvalue weighted by atomic mass is 32.1. The first-order chi connectivity index (χ1) is 19.0. The van der Waals surface area contributed by atoms with Gasteiger partial charge in [-0.25, -0.2) is 0 Å². The predicted molar refractivity (Wildman–Crippen MR) is 158 cm³/mol. The second-order valence-electron chi connectivity index (χ2n) is 12.4. The molecule has 0 aliphatic carbocycles. The van der Waals surface area contributed by atoms with Crippen molar-refractivity contribution in [1.29, 1.82) is 0 Å². The Bertz CT molecular complexity index is 1450. The van der Waals surface area contributed by atoms with Crippen molar-refractivity contribution in [2.24, 2.45) is 5.92 Å². The molecule has 3 amide bonds. The van der Waals surface area contributed by atoms with Crippen LogP contribution in [-0.2, 0) is 15.0 Å². The molecule has 0 spiro atoms. The Kier molecular flexibility index (Phi) is 7.57. The number of nitrogens with zero attached hydrogens (tertiary/aromatic N) is 2. The Balaban J connectivity index is 1.33. The average Bonchev–Trinajstić information content (AvgIpc) is 3.62. The van der Waals surface area contributed by atoms with Crippen molar-refractivity contribution in [3.63, 3.8) is 0 Å². The van der Waals surface area contributed by atoms with Gasteiger partial charge < -0.3 is 15.1 Å². The molecule has 0 saturated carbocycles. The maximum atomic E-state index is 13.9. The van der Waals surface area contributed by atoms with E-state index in [2.05, 4.69) is 26.1 Å². The predicted octanol–water partition coefficient (Wildman–Crippen LogP) is 5.04. The molecule has 2 unspecified atom stereocenters. The number of hydrogen-bond acceptors (Lipinski definition) is 5. The molecule has 0 bridgehead atoms. The van der Waals surface area contributed by atoms with Crippen molar-refractivity contribution in [2.75, 3.05) is 13.1 Å². The Morgan fingerprint density at radius 2 is 1.73 bits per heavy atom. The van der Waals surface area contributed by atoms with Crippen LogP contribution in [0.25, 0.3) is 10.1 Å². The lowest BCUT2D eigenvalue weighted by Gasteiger charge is -2.29. The number of benzene rings is 2. The van der Waals surface area contributed by atoms with Crippen molar-refractivity contribution in [3.8, 4) is 0 Å². The summed E-state index contributed by atoms with van der Waals surface area (Å²) in [5.41, 5.74) is 2.18. The number of thiophene rings is 1. The molecule has 2 aromatic carbocycles. The van der Waals surface area contributed by atoms with Gasteiger partial charge in [0.25, 0.3) is 11.8 Å². The first-order valence-corrected chi connectivity index (χ1v) is 14.9. The Morgan fingerprint density at radius 3 is 2.40 bits per heavy atom. The van der Waals surface area contributed by atoms with E-state index in [1.165, 1.54) is 11.3 Å². The largest absolute Gasteiger partial charge is 0.340 e. The quantitative estimate of drug-likeness (QED) is 0.459. The SMILES string of the molecule is CC(C)C[C@H](NC(=O)c1ccc(C(C)(C)C)cc1)C(=O)N1CCC2C1C(=O)CN2C(=O)c1csc2ccccc12. The molecule has 8 heteroatoms. The standard InChI is InChI=1S/C32H37N3O4S/c1-19(2)16-24(33-29(37)20-10-12-21(13-11-20)32(3,4)5)31(39)34-15-14-25-28(34)26(36)17-35(25)30(38)23-18-40-27-9-7-6-8-22(23)27/h6-13,18-19,24-25,28H,14-17H2,1-5H3,(H,33,37)/t24-,25?,28?/m0/s1. The van der Waals surface area contributed by atoms with Crippen LogP contribution in [0.2, 0.25) is 0 Å². The summed E-state index contributed by atoms with van der Waals surface area (Å²) in [7, 11) is 0. The minimum atomic E-state index is -0.757. The maximum Gasteiger partial charge on any atom is 0.256 e. The number of Topliss-reactive ketones (excluding diaryl/α,β-unsaturated/α-hetero) is 1. The molecular weight excluding hydrogens is 522 g/mol. The van der Waals surface area contributed by atoms with Crippen LogP contribution in [-0.4, -0.2) is 64.5 Å². The molecule has 2 fully saturated rings. The van der Waals surface area contributed by atoms with E-state index in [4.69, 9.17) is 0 Å². The number of rotatable bonds is 6. The van der Waals surface area contributed by atoms with Gasteiger partial charge in [0.1, 0.15) is 12.1 Å². The number of hydrogen-bond donors (Lipinski definition) is 1. The molecule has 0 radical (unpaired) electrons. The third kappa shape index (κ3) is 5.29. The van der Waals surface area contributed by atoms with Gasteiger partial charge in [-0.2, -0.15) is 0 Å². The van der Waals surface area contributed by atoms with Gasteiger partial charge in [-0.15, -0.1) is 11.3 Å². The molecule has 210 valence electrons. The molecular formula is C32H37N3O4S. The van der Waals surface area contributed by atoms with Gasteiger partial charge in [0.15, 0.2) is 5.78 Å². The highest BCUT2D eigenvalue weighted by molar-refractivity contribution is 7.17. The summed E-state index contributed by atoms with van der Waals surface area (Å²) in [4.78, 5) is 57.1. The van der Waals surface area contributed by atoms with Crippen molar-refractivity contribution in [2.45, 2.75) is 71.0 Å². The molecule has 3 aromatic rings. The van der Waals surface area contributed by atoms with Gasteiger partial charge in [0.2, 0.25) is 5.91 Å². The molecule has 40 heavy (non-hydrogen) atoms. The van der Waals surface area contributed by atoms with E-state index in [0.717, 1.165) is 15.6 Å². The minimum Gasteiger partial charge on any atom is -0.340 e. The zero-order valence-corrected chi connectivity index (χ0v) is 24.6. The van der Waals surface area contributed by atoms with Crippen molar-refractivity contribution in [1.82, 2.24) is 15.1 Å². The highest BCUT2D eigenvalue weighted by Crippen LogP contribution is 2.34. The second-order valence-corrected chi connectivity index (χ2v) is 13.3. The van der Waals surface area contributed by atoms with E-state index in [-0.39, 0.29) is 47.4 Å². The zero-order valence-electron chi connectivity index (χ0n) is 23.8. The van der Waals surface area contributed by atoms with Crippen LogP contribution in [0.15, 0.2) is 53.9 Å². The molecule has 7 nitrogen and oxygen atoms in total. The summed E-state index contributed by atoms with van der Waals surface area (Å²) >= 11 is 1.51. The zero-order chi connectivity index (χ0) is 28.8. The third-order valence-corrected chi connectivity index (χ3v) is 8.96. The number of carbonyl (C=O) groups excluding carboxylic acids is 4. The molecule has 1 aromatic heterocycles. The van der Waals surface area contributed by atoms with E-state index in [1.807, 2.05) is 55.6 Å². The van der Waals surface area contributed by atoms with Gasteiger partial charge in [-0.05, 0) is 47.9 Å². The number of likely N-dealkylation sites (tertiary alicyclic amines) is 2. The van der Waals surface area contributed by atoms with Crippen LogP contribution in [0.1, 0.15) is 73.7 Å². The molecule has 5 rings (SSSR count). The van der Waals surface area contributed by atoms with Crippen molar-refractivity contribution >= 4 is 44.9 Å². The van der Waals surface area contributed by atoms with E-state index in [9.17, 15) is 19.2 Å². The van der Waals surface area contributed by atoms with Gasteiger partial charge >= 0.3 is 0 Å². The topological polar surface area (TPSA) is 86.8 Å². The average molecular weight is 560 g/mol. The van der Waals surface area contributed by atoms with Gasteiger partial charge in [0.05, 0.1) is 18.2 Å². The van der Waals surface area contributed by atoms with E-state index in [1.54, 1.807) is 21.9 Å². The molecule has 2 aliphatic rings. The number of fused-ring (bicyclic) bond motifs is 2. The number of carbonyl (C=O) groups is 4. The number of ketones is 1.